The number of carboxylic acid groups (broad SMARTS) is 1. The number of benzene rings is 1. The van der Waals surface area contributed by atoms with Crippen LogP contribution in [0.15, 0.2) is 45.7 Å². The third-order valence-electron chi connectivity index (χ3n) is 7.28. The van der Waals surface area contributed by atoms with Crippen molar-refractivity contribution in [3.05, 3.63) is 80.2 Å². The van der Waals surface area contributed by atoms with E-state index < -0.39 is 35.4 Å². The smallest absolute Gasteiger partial charge is 0.439 e. The average molecular weight is 653 g/mol. The molecule has 0 aliphatic carbocycles. The van der Waals surface area contributed by atoms with Crippen molar-refractivity contribution in [2.24, 2.45) is 0 Å². The van der Waals surface area contributed by atoms with E-state index in [0.717, 1.165) is 16.9 Å². The minimum Gasteiger partial charge on any atom is -0.477 e. The molecule has 1 amide bonds. The Bertz CT molecular complexity index is 1820. The van der Waals surface area contributed by atoms with Gasteiger partial charge in [-0.05, 0) is 83.2 Å². The molecule has 0 saturated carbocycles. The van der Waals surface area contributed by atoms with Gasteiger partial charge in [0.15, 0.2) is 5.82 Å². The Morgan fingerprint density at radius 2 is 1.87 bits per heavy atom. The Kier molecular flexibility index (Phi) is 9.37. The number of pyridine rings is 1. The van der Waals surface area contributed by atoms with Crippen LogP contribution in [0.2, 0.25) is 0 Å². The lowest BCUT2D eigenvalue weighted by molar-refractivity contribution is 0.0217. The summed E-state index contributed by atoms with van der Waals surface area (Å²) in [5.41, 5.74) is 1.11. The number of hydrogen-bond acceptors (Lipinski definition) is 10. The maximum absolute atomic E-state index is 13.9. The van der Waals surface area contributed by atoms with E-state index in [2.05, 4.69) is 10.1 Å². The third kappa shape index (κ3) is 7.01. The molecule has 0 radical (unpaired) electrons. The van der Waals surface area contributed by atoms with Gasteiger partial charge < -0.3 is 14.6 Å². The number of halogens is 1. The zero-order valence-corrected chi connectivity index (χ0v) is 26.5. The van der Waals surface area contributed by atoms with Crippen molar-refractivity contribution < 1.29 is 37.9 Å². The first-order valence-corrected chi connectivity index (χ1v) is 15.6. The molecule has 242 valence electrons. The molecule has 2 N–H and O–H groups in total. The largest absolute Gasteiger partial charge is 0.477 e. The number of esters is 1. The van der Waals surface area contributed by atoms with Crippen LogP contribution < -0.4 is 5.76 Å². The Morgan fingerprint density at radius 1 is 1.13 bits per heavy atom. The molecule has 1 atom stereocenters. The van der Waals surface area contributed by atoms with Crippen molar-refractivity contribution in [3.8, 4) is 21.8 Å². The molecule has 4 heterocycles. The summed E-state index contributed by atoms with van der Waals surface area (Å²) >= 11 is 0.918. The molecular weight excluding hydrogens is 619 g/mol. The highest BCUT2D eigenvalue weighted by atomic mass is 32.1. The van der Waals surface area contributed by atoms with Gasteiger partial charge in [0.05, 0.1) is 35.2 Å². The van der Waals surface area contributed by atoms with Gasteiger partial charge in [-0.2, -0.15) is 0 Å². The van der Waals surface area contributed by atoms with Crippen molar-refractivity contribution >= 4 is 29.4 Å². The number of H-pyrrole nitrogens is 1. The summed E-state index contributed by atoms with van der Waals surface area (Å²) in [5, 5.41) is 13.7. The number of carboxylic acids is 1. The van der Waals surface area contributed by atoms with Crippen molar-refractivity contribution in [1.29, 1.82) is 0 Å². The third-order valence-corrected chi connectivity index (χ3v) is 8.37. The zero-order chi connectivity index (χ0) is 33.2. The molecule has 1 aromatic carbocycles. The molecule has 1 fully saturated rings. The van der Waals surface area contributed by atoms with Gasteiger partial charge in [0, 0.05) is 17.0 Å². The first kappa shape index (κ1) is 32.5. The summed E-state index contributed by atoms with van der Waals surface area (Å²) < 4.78 is 29.7. The lowest BCUT2D eigenvalue weighted by Crippen LogP contribution is -2.37. The fourth-order valence-electron chi connectivity index (χ4n) is 5.42. The topological polar surface area (TPSA) is 165 Å². The minimum absolute atomic E-state index is 0.00507. The number of carbonyl (C=O) groups is 3. The highest BCUT2D eigenvalue weighted by Crippen LogP contribution is 2.45. The summed E-state index contributed by atoms with van der Waals surface area (Å²) in [6.45, 7) is 7.29. The molecule has 46 heavy (non-hydrogen) atoms. The number of rotatable bonds is 9. The van der Waals surface area contributed by atoms with E-state index in [9.17, 15) is 28.7 Å². The number of amides is 1. The van der Waals surface area contributed by atoms with Gasteiger partial charge in [-0.1, -0.05) is 17.3 Å². The van der Waals surface area contributed by atoms with E-state index in [1.54, 1.807) is 45.9 Å². The number of aromatic carboxylic acids is 1. The summed E-state index contributed by atoms with van der Waals surface area (Å²) in [5.74, 6) is -3.18. The van der Waals surface area contributed by atoms with Gasteiger partial charge in [-0.25, -0.2) is 23.6 Å². The number of aromatic nitrogens is 3. The van der Waals surface area contributed by atoms with Gasteiger partial charge in [0.2, 0.25) is 0 Å². The molecule has 0 unspecified atom stereocenters. The van der Waals surface area contributed by atoms with E-state index in [-0.39, 0.29) is 51.9 Å². The quantitative estimate of drug-likeness (QED) is 0.204. The van der Waals surface area contributed by atoms with Gasteiger partial charge in [-0.3, -0.25) is 19.4 Å². The second-order valence-corrected chi connectivity index (χ2v) is 12.7. The molecule has 5 rings (SSSR count). The molecule has 12 nitrogen and oxygen atoms in total. The van der Waals surface area contributed by atoms with Crippen LogP contribution in [-0.4, -0.2) is 61.9 Å². The first-order chi connectivity index (χ1) is 21.9. The number of thiophene rings is 1. The van der Waals surface area contributed by atoms with Gasteiger partial charge in [0.25, 0.3) is 0 Å². The fourth-order valence-corrected chi connectivity index (χ4v) is 6.32. The SMILES string of the molecule is CCOC(=O)c1c([C@@H]2CCCN2C(=O)OC(C)(C)C)nc(CCc2ccc(F)cc2)c(-c2noc(=O)[nH]2)c1-c1ccc(C(=O)O)s1. The van der Waals surface area contributed by atoms with E-state index in [1.807, 2.05) is 0 Å². The fraction of sp³-hybridized carbons (Fsp3) is 0.375. The van der Waals surface area contributed by atoms with Gasteiger partial charge >= 0.3 is 23.8 Å². The van der Waals surface area contributed by atoms with E-state index in [4.69, 9.17) is 19.0 Å². The average Bonchev–Trinajstić information content (AvgIpc) is 3.76. The van der Waals surface area contributed by atoms with Crippen LogP contribution in [0.3, 0.4) is 0 Å². The van der Waals surface area contributed by atoms with Gasteiger partial charge in [-0.15, -0.1) is 11.3 Å². The monoisotopic (exact) mass is 652 g/mol. The number of likely N-dealkylation sites (tertiary alicyclic amines) is 1. The molecule has 4 aromatic rings. The van der Waals surface area contributed by atoms with Crippen LogP contribution in [0.1, 0.15) is 83.6 Å². The van der Waals surface area contributed by atoms with Crippen LogP contribution in [0.5, 0.6) is 0 Å². The number of ether oxygens (including phenoxy) is 2. The number of nitrogens with zero attached hydrogens (tertiary/aromatic N) is 3. The second kappa shape index (κ2) is 13.3. The Morgan fingerprint density at radius 3 is 2.48 bits per heavy atom. The number of aromatic amines is 1. The Labute approximate surface area is 267 Å². The van der Waals surface area contributed by atoms with E-state index >= 15 is 0 Å². The second-order valence-electron chi connectivity index (χ2n) is 11.7. The van der Waals surface area contributed by atoms with Crippen molar-refractivity contribution in [3.63, 3.8) is 0 Å². The summed E-state index contributed by atoms with van der Waals surface area (Å²) in [7, 11) is 0. The standard InChI is InChI=1S/C32H33FN4O8S/c1-5-43-29(40)25-24(21-14-15-22(46-21)28(38)39)23(27-35-30(41)45-36-27)19(13-10-17-8-11-18(33)12-9-17)34-26(25)20-7-6-16-37(20)31(42)44-32(2,3)4/h8-9,11-12,14-15,20H,5-7,10,13,16H2,1-4H3,(H,38,39)(H,35,36,41)/t20-/m0/s1. The van der Waals surface area contributed by atoms with Crippen LogP contribution in [0.25, 0.3) is 21.8 Å². The highest BCUT2D eigenvalue weighted by molar-refractivity contribution is 7.17. The molecular formula is C32H33FN4O8S. The number of aryl methyl sites for hydroxylation is 2. The number of nitrogens with one attached hydrogen (secondary N) is 1. The predicted molar refractivity (Wildman–Crippen MR) is 165 cm³/mol. The Hall–Kier alpha value is -4.85. The van der Waals surface area contributed by atoms with Crippen LogP contribution in [-0.2, 0) is 22.3 Å². The first-order valence-electron chi connectivity index (χ1n) is 14.7. The normalized spacial score (nSPS) is 14.8. The highest BCUT2D eigenvalue weighted by Gasteiger charge is 2.39. The van der Waals surface area contributed by atoms with Crippen LogP contribution in [0.4, 0.5) is 9.18 Å². The number of hydrogen-bond donors (Lipinski definition) is 2. The summed E-state index contributed by atoms with van der Waals surface area (Å²) in [6, 6.07) is 8.24. The molecule has 14 heteroatoms. The molecule has 1 saturated heterocycles. The maximum atomic E-state index is 13.9. The molecule has 0 spiro atoms. The van der Waals surface area contributed by atoms with E-state index in [0.29, 0.717) is 36.4 Å². The number of carbonyl (C=O) groups excluding carboxylic acids is 2. The summed E-state index contributed by atoms with van der Waals surface area (Å²) in [4.78, 5) is 60.9. The minimum atomic E-state index is -1.16. The molecule has 1 aliphatic rings. The zero-order valence-electron chi connectivity index (χ0n) is 25.7. The lowest BCUT2D eigenvalue weighted by atomic mass is 9.91. The molecule has 3 aromatic heterocycles. The lowest BCUT2D eigenvalue weighted by Gasteiger charge is -2.30. The molecule has 0 bridgehead atoms. The van der Waals surface area contributed by atoms with Crippen LogP contribution in [0, 0.1) is 5.82 Å². The van der Waals surface area contributed by atoms with Gasteiger partial charge in [0.1, 0.15) is 16.3 Å². The predicted octanol–water partition coefficient (Wildman–Crippen LogP) is 6.02. The summed E-state index contributed by atoms with van der Waals surface area (Å²) in [6.07, 6.45) is 1.10. The van der Waals surface area contributed by atoms with Crippen molar-refractivity contribution in [2.75, 3.05) is 13.2 Å². The van der Waals surface area contributed by atoms with Crippen LogP contribution >= 0.6 is 11.3 Å². The Balaban J connectivity index is 1.81. The van der Waals surface area contributed by atoms with E-state index in [1.165, 1.54) is 23.1 Å². The van der Waals surface area contributed by atoms with Crippen molar-refractivity contribution in [2.45, 2.75) is 65.0 Å². The molecule has 1 aliphatic heterocycles. The maximum Gasteiger partial charge on any atom is 0.439 e. The van der Waals surface area contributed by atoms with Crippen molar-refractivity contribution in [1.82, 2.24) is 20.0 Å².